The van der Waals surface area contributed by atoms with Gasteiger partial charge >= 0.3 is 0 Å². The standard InChI is InChI=1S/C13H18BN.C11H20O/c1-4-5-9-13-10(2)14(11(3)15-13)12-7-6-8-12;1-9-10(6-8-12)5-4-7-11(9,2)3/h4-5,9,12H,1,6-8H2,2-3H3;8-10H,4-7H2,1-3H3/b9-5-;/t;9-,10?/m.0/s1. The minimum atomic E-state index is 0.450. The summed E-state index contributed by atoms with van der Waals surface area (Å²) in [6, 6.07) is 0. The zero-order valence-electron chi connectivity index (χ0n) is 18.1. The van der Waals surface area contributed by atoms with Crippen LogP contribution in [0.1, 0.15) is 79.6 Å². The van der Waals surface area contributed by atoms with Gasteiger partial charge in [-0.15, -0.1) is 0 Å². The summed E-state index contributed by atoms with van der Waals surface area (Å²) in [7, 11) is 0. The molecule has 0 spiro atoms. The second-order valence-electron chi connectivity index (χ2n) is 9.42. The average Bonchev–Trinajstić information content (AvgIpc) is 2.84. The van der Waals surface area contributed by atoms with E-state index in [4.69, 9.17) is 0 Å². The molecule has 2 fully saturated rings. The zero-order valence-corrected chi connectivity index (χ0v) is 18.1. The van der Waals surface area contributed by atoms with Crippen LogP contribution in [0.4, 0.5) is 0 Å². The van der Waals surface area contributed by atoms with Crippen molar-refractivity contribution in [3.05, 3.63) is 36.0 Å². The van der Waals surface area contributed by atoms with Crippen molar-refractivity contribution in [2.24, 2.45) is 22.2 Å². The van der Waals surface area contributed by atoms with Crippen molar-refractivity contribution in [2.75, 3.05) is 0 Å². The maximum Gasteiger partial charge on any atom is 0.228 e. The van der Waals surface area contributed by atoms with E-state index in [0.29, 0.717) is 24.0 Å². The molecule has 0 aromatic carbocycles. The zero-order chi connectivity index (χ0) is 20.0. The fraction of sp³-hybridized carbons (Fsp3) is 0.667. The summed E-state index contributed by atoms with van der Waals surface area (Å²) >= 11 is 0. The molecule has 2 saturated carbocycles. The van der Waals surface area contributed by atoms with Crippen molar-refractivity contribution in [1.82, 2.24) is 0 Å². The fourth-order valence-corrected chi connectivity index (χ4v) is 5.00. The number of aliphatic imine (C=N–C) groups is 1. The first-order valence-corrected chi connectivity index (χ1v) is 10.8. The van der Waals surface area contributed by atoms with E-state index in [2.05, 4.69) is 52.3 Å². The minimum Gasteiger partial charge on any atom is -0.303 e. The van der Waals surface area contributed by atoms with Gasteiger partial charge in [-0.25, -0.2) is 0 Å². The van der Waals surface area contributed by atoms with Gasteiger partial charge < -0.3 is 4.79 Å². The molecule has 0 radical (unpaired) electrons. The highest BCUT2D eigenvalue weighted by Crippen LogP contribution is 2.44. The van der Waals surface area contributed by atoms with Crippen LogP contribution in [-0.2, 0) is 4.79 Å². The number of aldehydes is 1. The van der Waals surface area contributed by atoms with Gasteiger partial charge in [-0.05, 0) is 55.6 Å². The largest absolute Gasteiger partial charge is 0.303 e. The van der Waals surface area contributed by atoms with E-state index in [1.165, 1.54) is 49.6 Å². The van der Waals surface area contributed by atoms with E-state index in [9.17, 15) is 4.79 Å². The molecule has 0 bridgehead atoms. The van der Waals surface area contributed by atoms with E-state index >= 15 is 0 Å². The molecule has 3 aliphatic rings. The molecule has 1 aliphatic heterocycles. The Labute approximate surface area is 167 Å². The van der Waals surface area contributed by atoms with Crippen molar-refractivity contribution in [3.63, 3.8) is 0 Å². The van der Waals surface area contributed by atoms with E-state index in [1.807, 2.05) is 12.2 Å². The Balaban J connectivity index is 0.000000199. The van der Waals surface area contributed by atoms with Crippen LogP contribution in [0, 0.1) is 17.3 Å². The van der Waals surface area contributed by atoms with Crippen molar-refractivity contribution in [3.8, 4) is 0 Å². The fourth-order valence-electron chi connectivity index (χ4n) is 5.00. The number of carbonyl (C=O) groups excluding carboxylic acids is 1. The third kappa shape index (κ3) is 5.33. The van der Waals surface area contributed by atoms with Gasteiger partial charge in [0, 0.05) is 6.42 Å². The Kier molecular flexibility index (Phi) is 7.88. The lowest BCUT2D eigenvalue weighted by Gasteiger charge is -2.41. The lowest BCUT2D eigenvalue weighted by Crippen LogP contribution is -2.32. The molecule has 1 unspecified atom stereocenters. The van der Waals surface area contributed by atoms with Gasteiger partial charge in [-0.3, -0.25) is 4.99 Å². The van der Waals surface area contributed by atoms with Gasteiger partial charge in [0.2, 0.25) is 6.71 Å². The summed E-state index contributed by atoms with van der Waals surface area (Å²) in [6.07, 6.45) is 15.8. The van der Waals surface area contributed by atoms with E-state index in [1.54, 1.807) is 0 Å². The molecule has 2 nitrogen and oxygen atoms in total. The summed E-state index contributed by atoms with van der Waals surface area (Å²) in [5, 5.41) is 0. The Morgan fingerprint density at radius 1 is 1.22 bits per heavy atom. The molecule has 27 heavy (non-hydrogen) atoms. The Bertz CT molecular complexity index is 624. The monoisotopic (exact) mass is 367 g/mol. The highest BCUT2D eigenvalue weighted by molar-refractivity contribution is 6.98. The van der Waals surface area contributed by atoms with Crippen LogP contribution in [0.5, 0.6) is 0 Å². The maximum absolute atomic E-state index is 10.4. The Morgan fingerprint density at radius 3 is 2.48 bits per heavy atom. The summed E-state index contributed by atoms with van der Waals surface area (Å²) < 4.78 is 0. The first kappa shape index (κ1) is 21.9. The number of hydrogen-bond acceptors (Lipinski definition) is 2. The van der Waals surface area contributed by atoms with Crippen molar-refractivity contribution in [1.29, 1.82) is 0 Å². The average molecular weight is 367 g/mol. The van der Waals surface area contributed by atoms with Gasteiger partial charge in [0.15, 0.2) is 0 Å². The molecule has 0 aromatic heterocycles. The number of hydrogen-bond donors (Lipinski definition) is 0. The summed E-state index contributed by atoms with van der Waals surface area (Å²) in [4.78, 5) is 15.1. The lowest BCUT2D eigenvalue weighted by molar-refractivity contribution is -0.109. The third-order valence-corrected chi connectivity index (χ3v) is 7.36. The number of allylic oxidation sites excluding steroid dienone is 4. The molecule has 2 aliphatic carbocycles. The first-order chi connectivity index (χ1) is 12.8. The Hall–Kier alpha value is -1.38. The molecule has 3 heteroatoms. The van der Waals surface area contributed by atoms with Crippen LogP contribution in [0.25, 0.3) is 0 Å². The minimum absolute atomic E-state index is 0.450. The number of rotatable bonds is 5. The van der Waals surface area contributed by atoms with Gasteiger partial charge in [0.1, 0.15) is 6.29 Å². The molecular formula is C24H38BNO. The van der Waals surface area contributed by atoms with E-state index in [-0.39, 0.29) is 0 Å². The molecule has 148 valence electrons. The lowest BCUT2D eigenvalue weighted by atomic mass is 9.31. The molecule has 0 aromatic rings. The van der Waals surface area contributed by atoms with Crippen LogP contribution < -0.4 is 0 Å². The van der Waals surface area contributed by atoms with Crippen molar-refractivity contribution >= 4 is 18.6 Å². The highest BCUT2D eigenvalue weighted by atomic mass is 16.1. The molecule has 1 heterocycles. The maximum atomic E-state index is 10.4. The van der Waals surface area contributed by atoms with Gasteiger partial charge in [-0.2, -0.15) is 0 Å². The van der Waals surface area contributed by atoms with Crippen LogP contribution in [0.3, 0.4) is 0 Å². The molecule has 0 N–H and O–H groups in total. The molecule has 2 atom stereocenters. The Morgan fingerprint density at radius 2 is 1.93 bits per heavy atom. The van der Waals surface area contributed by atoms with Gasteiger partial charge in [0.05, 0.1) is 5.70 Å². The second-order valence-corrected chi connectivity index (χ2v) is 9.42. The van der Waals surface area contributed by atoms with Crippen molar-refractivity contribution in [2.45, 2.75) is 85.4 Å². The van der Waals surface area contributed by atoms with Crippen LogP contribution in [-0.4, -0.2) is 18.6 Å². The topological polar surface area (TPSA) is 29.4 Å². The summed E-state index contributed by atoms with van der Waals surface area (Å²) in [6.45, 7) is 15.7. The third-order valence-electron chi connectivity index (χ3n) is 7.36. The normalized spacial score (nSPS) is 27.7. The highest BCUT2D eigenvalue weighted by Gasteiger charge is 2.37. The van der Waals surface area contributed by atoms with Crippen LogP contribution in [0.15, 0.2) is 41.0 Å². The summed E-state index contributed by atoms with van der Waals surface area (Å²) in [5.41, 5.74) is 4.37. The van der Waals surface area contributed by atoms with Crippen molar-refractivity contribution < 1.29 is 4.79 Å². The first-order valence-electron chi connectivity index (χ1n) is 10.8. The van der Waals surface area contributed by atoms with Crippen LogP contribution >= 0.6 is 0 Å². The SMILES string of the molecule is C=C/C=C\C1=C(C)B(C2CCC2)C(C)=N1.C[C@H]1C(CC=O)CCCC1(C)C. The quantitative estimate of drug-likeness (QED) is 0.304. The predicted octanol–water partition coefficient (Wildman–Crippen LogP) is 6.64. The molecule has 3 rings (SSSR count). The second kappa shape index (κ2) is 9.71. The van der Waals surface area contributed by atoms with Gasteiger partial charge in [-0.1, -0.05) is 76.5 Å². The molecule has 0 amide bonds. The van der Waals surface area contributed by atoms with Gasteiger partial charge in [0.25, 0.3) is 0 Å². The van der Waals surface area contributed by atoms with E-state index < -0.39 is 0 Å². The number of nitrogens with zero attached hydrogens (tertiary/aromatic N) is 1. The number of carbonyl (C=O) groups is 1. The summed E-state index contributed by atoms with van der Waals surface area (Å²) in [5.74, 6) is 2.21. The smallest absolute Gasteiger partial charge is 0.228 e. The molecular weight excluding hydrogens is 329 g/mol. The van der Waals surface area contributed by atoms with Crippen LogP contribution in [0.2, 0.25) is 5.82 Å². The van der Waals surface area contributed by atoms with E-state index in [0.717, 1.165) is 24.2 Å². The molecule has 0 saturated heterocycles. The predicted molar refractivity (Wildman–Crippen MR) is 119 cm³/mol.